The molecule has 0 radical (unpaired) electrons. The molecule has 1 aliphatic rings. The Balaban J connectivity index is 2.24. The second kappa shape index (κ2) is 5.62. The average Bonchev–Trinajstić information content (AvgIpc) is 2.38. The number of hydrogen-bond donors (Lipinski definition) is 1. The van der Waals surface area contributed by atoms with E-state index in [-0.39, 0.29) is 12.0 Å². The maximum atomic E-state index is 11.0. The third-order valence-electron chi connectivity index (χ3n) is 3.61. The number of hydrogen-bond acceptors (Lipinski definition) is 3. The van der Waals surface area contributed by atoms with Crippen molar-refractivity contribution in [1.29, 1.82) is 5.26 Å². The van der Waals surface area contributed by atoms with Crippen LogP contribution in [0, 0.1) is 17.2 Å². The zero-order valence-corrected chi connectivity index (χ0v) is 12.2. The van der Waals surface area contributed by atoms with Crippen LogP contribution in [0.3, 0.4) is 0 Å². The molecular weight excluding hydrogens is 308 g/mol. The fourth-order valence-electron chi connectivity index (χ4n) is 2.60. The molecule has 2 atom stereocenters. The summed E-state index contributed by atoms with van der Waals surface area (Å²) in [6.45, 7) is 2.69. The van der Waals surface area contributed by atoms with Gasteiger partial charge in [-0.15, -0.1) is 0 Å². The van der Waals surface area contributed by atoms with Gasteiger partial charge in [-0.05, 0) is 38.0 Å². The van der Waals surface area contributed by atoms with Crippen molar-refractivity contribution in [3.8, 4) is 6.07 Å². The highest BCUT2D eigenvalue weighted by molar-refractivity contribution is 9.10. The van der Waals surface area contributed by atoms with Crippen molar-refractivity contribution >= 4 is 27.6 Å². The summed E-state index contributed by atoms with van der Waals surface area (Å²) in [5, 5.41) is 18.3. The topological polar surface area (TPSA) is 64.3 Å². The molecule has 5 heteroatoms. The van der Waals surface area contributed by atoms with E-state index in [9.17, 15) is 10.1 Å². The molecule has 0 bridgehead atoms. The summed E-state index contributed by atoms with van der Waals surface area (Å²) in [4.78, 5) is 13.2. The van der Waals surface area contributed by atoms with Crippen molar-refractivity contribution in [1.82, 2.24) is 0 Å². The lowest BCUT2D eigenvalue weighted by atomic mass is 9.91. The van der Waals surface area contributed by atoms with Crippen molar-refractivity contribution in [2.75, 3.05) is 11.4 Å². The Labute approximate surface area is 120 Å². The summed E-state index contributed by atoms with van der Waals surface area (Å²) >= 11 is 3.36. The summed E-state index contributed by atoms with van der Waals surface area (Å²) in [7, 11) is 0. The number of carboxylic acids is 1. The highest BCUT2D eigenvalue weighted by Crippen LogP contribution is 2.31. The summed E-state index contributed by atoms with van der Waals surface area (Å²) < 4.78 is 0.876. The summed E-state index contributed by atoms with van der Waals surface area (Å²) in [5.41, 5.74) is 1.51. The molecule has 1 aromatic rings. The van der Waals surface area contributed by atoms with Crippen molar-refractivity contribution in [3.63, 3.8) is 0 Å². The van der Waals surface area contributed by atoms with E-state index in [1.165, 1.54) is 0 Å². The summed E-state index contributed by atoms with van der Waals surface area (Å²) in [6, 6.07) is 7.95. The van der Waals surface area contributed by atoms with Crippen molar-refractivity contribution in [2.24, 2.45) is 5.92 Å². The molecule has 1 aliphatic heterocycles. The average molecular weight is 323 g/mol. The number of piperidine rings is 1. The number of carboxylic acid groups (broad SMARTS) is 1. The highest BCUT2D eigenvalue weighted by Gasteiger charge is 2.30. The maximum absolute atomic E-state index is 11.0. The van der Waals surface area contributed by atoms with E-state index in [1.54, 1.807) is 6.07 Å². The van der Waals surface area contributed by atoms with Gasteiger partial charge in [0.1, 0.15) is 6.07 Å². The Morgan fingerprint density at radius 3 is 2.89 bits per heavy atom. The Hall–Kier alpha value is -1.54. The van der Waals surface area contributed by atoms with Crippen LogP contribution in [0.25, 0.3) is 0 Å². The van der Waals surface area contributed by atoms with Crippen LogP contribution in [0.15, 0.2) is 22.7 Å². The zero-order valence-electron chi connectivity index (χ0n) is 10.6. The van der Waals surface area contributed by atoms with Gasteiger partial charge in [0, 0.05) is 17.1 Å². The molecule has 1 saturated heterocycles. The van der Waals surface area contributed by atoms with Crippen LogP contribution < -0.4 is 4.90 Å². The van der Waals surface area contributed by atoms with E-state index in [0.29, 0.717) is 24.9 Å². The molecular formula is C14H15BrN2O2. The number of carbonyl (C=O) groups is 1. The van der Waals surface area contributed by atoms with Gasteiger partial charge in [-0.1, -0.05) is 15.9 Å². The number of rotatable bonds is 2. The van der Waals surface area contributed by atoms with Gasteiger partial charge in [0.15, 0.2) is 0 Å². The van der Waals surface area contributed by atoms with Gasteiger partial charge < -0.3 is 10.0 Å². The lowest BCUT2D eigenvalue weighted by molar-refractivity contribution is -0.142. The van der Waals surface area contributed by atoms with Crippen LogP contribution in [-0.4, -0.2) is 23.7 Å². The number of halogens is 1. The molecule has 0 saturated carbocycles. The minimum absolute atomic E-state index is 0.128. The molecule has 0 amide bonds. The van der Waals surface area contributed by atoms with Gasteiger partial charge in [-0.25, -0.2) is 0 Å². The predicted octanol–water partition coefficient (Wildman–Crippen LogP) is 3.01. The van der Waals surface area contributed by atoms with E-state index >= 15 is 0 Å². The number of anilines is 1. The van der Waals surface area contributed by atoms with Crippen LogP contribution in [-0.2, 0) is 4.79 Å². The molecule has 100 valence electrons. The smallest absolute Gasteiger partial charge is 0.306 e. The predicted molar refractivity (Wildman–Crippen MR) is 76.0 cm³/mol. The van der Waals surface area contributed by atoms with Crippen LogP contribution in [0.5, 0.6) is 0 Å². The first-order valence-electron chi connectivity index (χ1n) is 6.22. The number of benzene rings is 1. The van der Waals surface area contributed by atoms with E-state index in [0.717, 1.165) is 10.2 Å². The van der Waals surface area contributed by atoms with Crippen LogP contribution in [0.1, 0.15) is 25.3 Å². The monoisotopic (exact) mass is 322 g/mol. The molecule has 1 fully saturated rings. The molecule has 2 rings (SSSR count). The minimum atomic E-state index is -0.720. The zero-order chi connectivity index (χ0) is 14.0. The molecule has 2 unspecified atom stereocenters. The molecule has 0 spiro atoms. The van der Waals surface area contributed by atoms with Gasteiger partial charge in [-0.2, -0.15) is 5.26 Å². The molecule has 1 N–H and O–H groups in total. The lowest BCUT2D eigenvalue weighted by Gasteiger charge is -2.38. The first kappa shape index (κ1) is 13.9. The lowest BCUT2D eigenvalue weighted by Crippen LogP contribution is -2.43. The van der Waals surface area contributed by atoms with Crippen LogP contribution in [0.4, 0.5) is 5.69 Å². The van der Waals surface area contributed by atoms with Crippen molar-refractivity contribution in [2.45, 2.75) is 25.8 Å². The summed E-state index contributed by atoms with van der Waals surface area (Å²) in [6.07, 6.45) is 1.25. The quantitative estimate of drug-likeness (QED) is 0.909. The van der Waals surface area contributed by atoms with Crippen molar-refractivity contribution < 1.29 is 9.90 Å². The van der Waals surface area contributed by atoms with E-state index < -0.39 is 5.97 Å². The van der Waals surface area contributed by atoms with E-state index in [1.807, 2.05) is 19.1 Å². The standard InChI is InChI=1S/C14H15BrN2O2/c1-9-6-10(14(18)19)4-5-17(9)13-3-2-12(15)7-11(13)8-16/h2-3,7,9-10H,4-6H2,1H3,(H,18,19). The third-order valence-corrected chi connectivity index (χ3v) is 4.11. The minimum Gasteiger partial charge on any atom is -0.481 e. The molecule has 19 heavy (non-hydrogen) atoms. The van der Waals surface area contributed by atoms with Crippen LogP contribution in [0.2, 0.25) is 0 Å². The van der Waals surface area contributed by atoms with Crippen LogP contribution >= 0.6 is 15.9 Å². The normalized spacial score (nSPS) is 22.9. The van der Waals surface area contributed by atoms with E-state index in [4.69, 9.17) is 5.11 Å². The first-order valence-corrected chi connectivity index (χ1v) is 7.01. The fraction of sp³-hybridized carbons (Fsp3) is 0.429. The van der Waals surface area contributed by atoms with Gasteiger partial charge in [-0.3, -0.25) is 4.79 Å². The fourth-order valence-corrected chi connectivity index (χ4v) is 2.96. The number of nitrogens with zero attached hydrogens (tertiary/aromatic N) is 2. The Morgan fingerprint density at radius 2 is 2.32 bits per heavy atom. The third kappa shape index (κ3) is 2.90. The first-order chi connectivity index (χ1) is 9.02. The highest BCUT2D eigenvalue weighted by atomic mass is 79.9. The Morgan fingerprint density at radius 1 is 1.58 bits per heavy atom. The largest absolute Gasteiger partial charge is 0.481 e. The Kier molecular flexibility index (Phi) is 4.11. The SMILES string of the molecule is CC1CC(C(=O)O)CCN1c1ccc(Br)cc1C#N. The van der Waals surface area contributed by atoms with E-state index in [2.05, 4.69) is 26.9 Å². The van der Waals surface area contributed by atoms with Gasteiger partial charge >= 0.3 is 5.97 Å². The molecule has 1 heterocycles. The summed E-state index contributed by atoms with van der Waals surface area (Å²) in [5.74, 6) is -0.991. The maximum Gasteiger partial charge on any atom is 0.306 e. The van der Waals surface area contributed by atoms with Crippen molar-refractivity contribution in [3.05, 3.63) is 28.2 Å². The number of aliphatic carboxylic acids is 1. The molecule has 1 aromatic carbocycles. The van der Waals surface area contributed by atoms with Gasteiger partial charge in [0.05, 0.1) is 17.2 Å². The Bertz CT molecular complexity index is 539. The molecule has 4 nitrogen and oxygen atoms in total. The number of nitriles is 1. The second-order valence-electron chi connectivity index (χ2n) is 4.88. The van der Waals surface area contributed by atoms with Gasteiger partial charge in [0.25, 0.3) is 0 Å². The second-order valence-corrected chi connectivity index (χ2v) is 5.79. The molecule has 0 aromatic heterocycles. The molecule has 0 aliphatic carbocycles. The van der Waals surface area contributed by atoms with Gasteiger partial charge in [0.2, 0.25) is 0 Å².